The molecule has 6 nitrogen and oxygen atoms in total. The molecule has 1 aromatic carbocycles. The van der Waals surface area contributed by atoms with Gasteiger partial charge in [0.15, 0.2) is 0 Å². The predicted molar refractivity (Wildman–Crippen MR) is 94.5 cm³/mol. The van der Waals surface area contributed by atoms with Crippen LogP contribution >= 0.6 is 0 Å². The highest BCUT2D eigenvalue weighted by atomic mass is 16.5. The summed E-state index contributed by atoms with van der Waals surface area (Å²) in [4.78, 5) is 16.3. The Labute approximate surface area is 142 Å². The zero-order chi connectivity index (χ0) is 17.2. The minimum absolute atomic E-state index is 0.0808. The van der Waals surface area contributed by atoms with Gasteiger partial charge in [-0.25, -0.2) is 4.98 Å². The second-order valence-electron chi connectivity index (χ2n) is 5.28. The molecule has 0 aliphatic carbocycles. The van der Waals surface area contributed by atoms with Gasteiger partial charge in [-0.3, -0.25) is 4.79 Å². The number of carbonyl (C=O) groups is 1. The quantitative estimate of drug-likeness (QED) is 0.692. The van der Waals surface area contributed by atoms with E-state index in [1.54, 1.807) is 20.4 Å². The standard InChI is InChI=1S/C18H23N3O3/c1-23-11-3-10-19-17-9-6-15(13-20-17)21-18(22)12-14-4-7-16(24-2)8-5-14/h4-9,13H,3,10-12H2,1-2H3,(H,19,20)(H,21,22). The smallest absolute Gasteiger partial charge is 0.228 e. The number of benzene rings is 1. The van der Waals surface area contributed by atoms with Gasteiger partial charge in [0, 0.05) is 20.3 Å². The van der Waals surface area contributed by atoms with E-state index in [-0.39, 0.29) is 5.91 Å². The number of rotatable bonds is 9. The molecular formula is C18H23N3O3. The first-order valence-corrected chi connectivity index (χ1v) is 7.83. The van der Waals surface area contributed by atoms with Crippen LogP contribution in [0.25, 0.3) is 0 Å². The SMILES string of the molecule is COCCCNc1ccc(NC(=O)Cc2ccc(OC)cc2)cn1. The van der Waals surface area contributed by atoms with Crippen LogP contribution in [0.4, 0.5) is 11.5 Å². The molecule has 0 spiro atoms. The van der Waals surface area contributed by atoms with Gasteiger partial charge in [0.05, 0.1) is 25.4 Å². The van der Waals surface area contributed by atoms with E-state index in [1.807, 2.05) is 36.4 Å². The number of hydrogen-bond donors (Lipinski definition) is 2. The van der Waals surface area contributed by atoms with E-state index in [4.69, 9.17) is 9.47 Å². The highest BCUT2D eigenvalue weighted by Gasteiger charge is 2.05. The minimum Gasteiger partial charge on any atom is -0.497 e. The van der Waals surface area contributed by atoms with Gasteiger partial charge in [-0.2, -0.15) is 0 Å². The predicted octanol–water partition coefficient (Wildman–Crippen LogP) is 2.72. The summed E-state index contributed by atoms with van der Waals surface area (Å²) in [5.41, 5.74) is 1.61. The molecular weight excluding hydrogens is 306 g/mol. The summed E-state index contributed by atoms with van der Waals surface area (Å²) in [6.07, 6.45) is 2.87. The largest absolute Gasteiger partial charge is 0.497 e. The van der Waals surface area contributed by atoms with Crippen LogP contribution in [0, 0.1) is 0 Å². The van der Waals surface area contributed by atoms with Gasteiger partial charge in [0.2, 0.25) is 5.91 Å². The molecule has 0 aliphatic rings. The van der Waals surface area contributed by atoms with E-state index in [2.05, 4.69) is 15.6 Å². The Morgan fingerprint density at radius 3 is 2.54 bits per heavy atom. The van der Waals surface area contributed by atoms with Crippen molar-refractivity contribution >= 4 is 17.4 Å². The Balaban J connectivity index is 1.80. The third kappa shape index (κ3) is 5.89. The van der Waals surface area contributed by atoms with E-state index in [1.165, 1.54) is 0 Å². The molecule has 128 valence electrons. The highest BCUT2D eigenvalue weighted by molar-refractivity contribution is 5.92. The molecule has 0 atom stereocenters. The summed E-state index contributed by atoms with van der Waals surface area (Å²) in [7, 11) is 3.30. The second kappa shape index (κ2) is 9.52. The molecule has 0 bridgehead atoms. The number of nitrogens with zero attached hydrogens (tertiary/aromatic N) is 1. The number of ether oxygens (including phenoxy) is 2. The molecule has 0 fully saturated rings. The molecule has 0 saturated heterocycles. The van der Waals surface area contributed by atoms with Gasteiger partial charge in [-0.1, -0.05) is 12.1 Å². The lowest BCUT2D eigenvalue weighted by atomic mass is 10.1. The summed E-state index contributed by atoms with van der Waals surface area (Å²) < 4.78 is 10.1. The van der Waals surface area contributed by atoms with Crippen molar-refractivity contribution in [3.05, 3.63) is 48.2 Å². The van der Waals surface area contributed by atoms with Crippen molar-refractivity contribution in [2.75, 3.05) is 38.0 Å². The van der Waals surface area contributed by atoms with Crippen molar-refractivity contribution in [3.8, 4) is 5.75 Å². The van der Waals surface area contributed by atoms with Crippen molar-refractivity contribution in [1.82, 2.24) is 4.98 Å². The molecule has 2 N–H and O–H groups in total. The average molecular weight is 329 g/mol. The number of hydrogen-bond acceptors (Lipinski definition) is 5. The fourth-order valence-electron chi connectivity index (χ4n) is 2.14. The first-order valence-electron chi connectivity index (χ1n) is 7.83. The topological polar surface area (TPSA) is 72.5 Å². The van der Waals surface area contributed by atoms with Crippen molar-refractivity contribution < 1.29 is 14.3 Å². The maximum Gasteiger partial charge on any atom is 0.228 e. The van der Waals surface area contributed by atoms with Crippen LogP contribution in [-0.2, 0) is 16.0 Å². The van der Waals surface area contributed by atoms with Crippen LogP contribution in [0.15, 0.2) is 42.6 Å². The third-order valence-corrected chi connectivity index (χ3v) is 3.40. The number of carbonyl (C=O) groups excluding carboxylic acids is 1. The van der Waals surface area contributed by atoms with Crippen molar-refractivity contribution in [2.24, 2.45) is 0 Å². The lowest BCUT2D eigenvalue weighted by Crippen LogP contribution is -2.14. The summed E-state index contributed by atoms with van der Waals surface area (Å²) in [5, 5.41) is 6.04. The maximum absolute atomic E-state index is 12.1. The first kappa shape index (κ1) is 17.7. The average Bonchev–Trinajstić information content (AvgIpc) is 2.61. The van der Waals surface area contributed by atoms with Gasteiger partial charge < -0.3 is 20.1 Å². The molecule has 2 aromatic rings. The number of methoxy groups -OCH3 is 2. The molecule has 0 radical (unpaired) electrons. The molecule has 1 heterocycles. The molecule has 6 heteroatoms. The summed E-state index contributed by atoms with van der Waals surface area (Å²) in [6.45, 7) is 1.51. The van der Waals surface area contributed by atoms with Crippen LogP contribution in [-0.4, -0.2) is 38.3 Å². The molecule has 0 unspecified atom stereocenters. The van der Waals surface area contributed by atoms with Crippen LogP contribution in [0.1, 0.15) is 12.0 Å². The highest BCUT2D eigenvalue weighted by Crippen LogP contribution is 2.13. The van der Waals surface area contributed by atoms with Crippen LogP contribution < -0.4 is 15.4 Å². The number of pyridine rings is 1. The molecule has 0 saturated carbocycles. The Morgan fingerprint density at radius 2 is 1.92 bits per heavy atom. The molecule has 1 aromatic heterocycles. The number of aromatic nitrogens is 1. The van der Waals surface area contributed by atoms with Crippen LogP contribution in [0.2, 0.25) is 0 Å². The van der Waals surface area contributed by atoms with E-state index in [0.29, 0.717) is 18.7 Å². The molecule has 24 heavy (non-hydrogen) atoms. The summed E-state index contributed by atoms with van der Waals surface area (Å²) in [6, 6.07) is 11.1. The van der Waals surface area contributed by atoms with Gasteiger partial charge in [0.25, 0.3) is 0 Å². The summed E-state index contributed by atoms with van der Waals surface area (Å²) >= 11 is 0. The Bertz CT molecular complexity index is 627. The number of anilines is 2. The Kier molecular flexibility index (Phi) is 7.04. The lowest BCUT2D eigenvalue weighted by Gasteiger charge is -2.08. The lowest BCUT2D eigenvalue weighted by molar-refractivity contribution is -0.115. The fraction of sp³-hybridized carbons (Fsp3) is 0.333. The van der Waals surface area contributed by atoms with Crippen molar-refractivity contribution in [3.63, 3.8) is 0 Å². The first-order chi connectivity index (χ1) is 11.7. The zero-order valence-electron chi connectivity index (χ0n) is 14.0. The van der Waals surface area contributed by atoms with E-state index >= 15 is 0 Å². The normalized spacial score (nSPS) is 10.2. The zero-order valence-corrected chi connectivity index (χ0v) is 14.0. The van der Waals surface area contributed by atoms with Crippen LogP contribution in [0.5, 0.6) is 5.75 Å². The molecule has 0 aliphatic heterocycles. The van der Waals surface area contributed by atoms with Gasteiger partial charge in [-0.05, 0) is 36.2 Å². The number of nitrogens with one attached hydrogen (secondary N) is 2. The van der Waals surface area contributed by atoms with Crippen LogP contribution in [0.3, 0.4) is 0 Å². The second-order valence-corrected chi connectivity index (χ2v) is 5.28. The minimum atomic E-state index is -0.0808. The van der Waals surface area contributed by atoms with Gasteiger partial charge >= 0.3 is 0 Å². The fourth-order valence-corrected chi connectivity index (χ4v) is 2.14. The Hall–Kier alpha value is -2.60. The number of amides is 1. The maximum atomic E-state index is 12.1. The molecule has 1 amide bonds. The van der Waals surface area contributed by atoms with Gasteiger partial charge in [-0.15, -0.1) is 0 Å². The van der Waals surface area contributed by atoms with E-state index in [0.717, 1.165) is 30.1 Å². The van der Waals surface area contributed by atoms with Crippen molar-refractivity contribution in [2.45, 2.75) is 12.8 Å². The Morgan fingerprint density at radius 1 is 1.12 bits per heavy atom. The van der Waals surface area contributed by atoms with E-state index < -0.39 is 0 Å². The monoisotopic (exact) mass is 329 g/mol. The van der Waals surface area contributed by atoms with Crippen molar-refractivity contribution in [1.29, 1.82) is 0 Å². The van der Waals surface area contributed by atoms with Gasteiger partial charge in [0.1, 0.15) is 11.6 Å². The molecule has 2 rings (SSSR count). The summed E-state index contributed by atoms with van der Waals surface area (Å²) in [5.74, 6) is 1.47. The third-order valence-electron chi connectivity index (χ3n) is 3.40. The van der Waals surface area contributed by atoms with E-state index in [9.17, 15) is 4.79 Å².